The molecular formula is C23H22O4. The number of hydrogen-bond acceptors (Lipinski definition) is 4. The summed E-state index contributed by atoms with van der Waals surface area (Å²) in [5, 5.41) is 0. The lowest BCUT2D eigenvalue weighted by atomic mass is 9.72. The fourth-order valence-corrected chi connectivity index (χ4v) is 2.92. The molecule has 3 rings (SSSR count). The molecular weight excluding hydrogens is 340 g/mol. The van der Waals surface area contributed by atoms with Crippen LogP contribution in [0, 0.1) is 17.3 Å². The van der Waals surface area contributed by atoms with Crippen molar-refractivity contribution in [3.05, 3.63) is 71.8 Å². The number of methoxy groups -OCH3 is 2. The molecule has 0 spiro atoms. The number of hydrogen-bond donors (Lipinski definition) is 0. The largest absolute Gasteiger partial charge is 0.497 e. The first-order valence-corrected chi connectivity index (χ1v) is 8.65. The molecule has 1 aliphatic rings. The van der Waals surface area contributed by atoms with Gasteiger partial charge in [0.25, 0.3) is 0 Å². The lowest BCUT2D eigenvalue weighted by Crippen LogP contribution is -2.52. The van der Waals surface area contributed by atoms with E-state index in [1.54, 1.807) is 34.1 Å². The molecule has 2 aromatic carbocycles. The SMILES string of the molecule is COc1ccc(C2=CC(C#Cc3ccccc3)(OC)C(C)(C)C(=O)O2)cc1. The van der Waals surface area contributed by atoms with Gasteiger partial charge in [-0.3, -0.25) is 4.79 Å². The van der Waals surface area contributed by atoms with Crippen molar-refractivity contribution in [2.45, 2.75) is 19.4 Å². The third-order valence-corrected chi connectivity index (χ3v) is 4.84. The molecule has 1 aliphatic heterocycles. The zero-order chi connectivity index (χ0) is 19.5. The van der Waals surface area contributed by atoms with Gasteiger partial charge in [-0.25, -0.2) is 0 Å². The normalized spacial score (nSPS) is 20.7. The monoisotopic (exact) mass is 362 g/mol. The standard InChI is InChI=1S/C23H22O4/c1-22(2)21(24)27-20(18-10-12-19(25-3)13-11-18)16-23(22,26-4)15-14-17-8-6-5-7-9-17/h5-13,16H,1-4H3. The summed E-state index contributed by atoms with van der Waals surface area (Å²) < 4.78 is 16.6. The molecule has 0 saturated heterocycles. The molecule has 1 heterocycles. The molecule has 0 radical (unpaired) electrons. The molecule has 2 aromatic rings. The number of cyclic esters (lactones) is 1. The van der Waals surface area contributed by atoms with Gasteiger partial charge in [0, 0.05) is 24.3 Å². The Kier molecular flexibility index (Phi) is 5.07. The smallest absolute Gasteiger partial charge is 0.321 e. The molecule has 138 valence electrons. The van der Waals surface area contributed by atoms with Gasteiger partial charge in [-0.1, -0.05) is 30.0 Å². The van der Waals surface area contributed by atoms with E-state index in [0.717, 1.165) is 16.9 Å². The molecule has 0 aliphatic carbocycles. The fraction of sp³-hybridized carbons (Fsp3) is 0.261. The molecule has 0 N–H and O–H groups in total. The number of ether oxygens (including phenoxy) is 3. The second-order valence-corrected chi connectivity index (χ2v) is 6.81. The van der Waals surface area contributed by atoms with Crippen LogP contribution in [0.1, 0.15) is 25.0 Å². The number of carbonyl (C=O) groups excluding carboxylic acids is 1. The Morgan fingerprint density at radius 2 is 1.63 bits per heavy atom. The Morgan fingerprint density at radius 1 is 0.963 bits per heavy atom. The van der Waals surface area contributed by atoms with E-state index in [1.165, 1.54) is 0 Å². The van der Waals surface area contributed by atoms with E-state index in [9.17, 15) is 4.79 Å². The van der Waals surface area contributed by atoms with Crippen LogP contribution in [0.25, 0.3) is 5.76 Å². The maximum atomic E-state index is 12.8. The van der Waals surface area contributed by atoms with Crippen molar-refractivity contribution in [1.29, 1.82) is 0 Å². The number of benzene rings is 2. The van der Waals surface area contributed by atoms with Crippen LogP contribution in [0.2, 0.25) is 0 Å². The topological polar surface area (TPSA) is 44.8 Å². The molecule has 0 bridgehead atoms. The summed E-state index contributed by atoms with van der Waals surface area (Å²) in [4.78, 5) is 12.8. The lowest BCUT2D eigenvalue weighted by molar-refractivity contribution is -0.159. The molecule has 1 unspecified atom stereocenters. The van der Waals surface area contributed by atoms with Crippen molar-refractivity contribution in [1.82, 2.24) is 0 Å². The first-order valence-electron chi connectivity index (χ1n) is 8.65. The van der Waals surface area contributed by atoms with Gasteiger partial charge >= 0.3 is 5.97 Å². The van der Waals surface area contributed by atoms with E-state index in [-0.39, 0.29) is 5.97 Å². The molecule has 4 heteroatoms. The zero-order valence-corrected chi connectivity index (χ0v) is 15.9. The Hall–Kier alpha value is -3.03. The average Bonchev–Trinajstić information content (AvgIpc) is 2.70. The van der Waals surface area contributed by atoms with Crippen molar-refractivity contribution < 1.29 is 19.0 Å². The molecule has 0 aromatic heterocycles. The molecule has 0 saturated carbocycles. The van der Waals surface area contributed by atoms with E-state index in [0.29, 0.717) is 5.76 Å². The van der Waals surface area contributed by atoms with Gasteiger partial charge in [0.1, 0.15) is 16.9 Å². The third-order valence-electron chi connectivity index (χ3n) is 4.84. The Bertz CT molecular complexity index is 914. The van der Waals surface area contributed by atoms with Crippen LogP contribution in [-0.2, 0) is 14.3 Å². The first kappa shape index (κ1) is 18.8. The van der Waals surface area contributed by atoms with Crippen LogP contribution < -0.4 is 4.74 Å². The average molecular weight is 362 g/mol. The summed E-state index contributed by atoms with van der Waals surface area (Å²) in [6.07, 6.45) is 1.78. The highest BCUT2D eigenvalue weighted by atomic mass is 16.6. The van der Waals surface area contributed by atoms with Crippen LogP contribution in [0.4, 0.5) is 0 Å². The Morgan fingerprint density at radius 3 is 2.22 bits per heavy atom. The second kappa shape index (κ2) is 7.30. The van der Waals surface area contributed by atoms with Crippen molar-refractivity contribution in [3.8, 4) is 17.6 Å². The highest BCUT2D eigenvalue weighted by Gasteiger charge is 2.53. The van der Waals surface area contributed by atoms with Gasteiger partial charge in [0.05, 0.1) is 7.11 Å². The van der Waals surface area contributed by atoms with Crippen molar-refractivity contribution in [2.75, 3.05) is 14.2 Å². The first-order chi connectivity index (χ1) is 12.9. The van der Waals surface area contributed by atoms with E-state index >= 15 is 0 Å². The fourth-order valence-electron chi connectivity index (χ4n) is 2.92. The van der Waals surface area contributed by atoms with Crippen molar-refractivity contribution in [3.63, 3.8) is 0 Å². The quantitative estimate of drug-likeness (QED) is 0.610. The van der Waals surface area contributed by atoms with E-state index in [4.69, 9.17) is 14.2 Å². The molecule has 4 nitrogen and oxygen atoms in total. The summed E-state index contributed by atoms with van der Waals surface area (Å²) in [5.41, 5.74) is -0.488. The van der Waals surface area contributed by atoms with Gasteiger partial charge in [-0.2, -0.15) is 0 Å². The van der Waals surface area contributed by atoms with Crippen LogP contribution in [-0.4, -0.2) is 25.8 Å². The predicted molar refractivity (Wildman–Crippen MR) is 104 cm³/mol. The number of esters is 1. The van der Waals surface area contributed by atoms with Gasteiger partial charge in [0.15, 0.2) is 5.60 Å². The lowest BCUT2D eigenvalue weighted by Gasteiger charge is -2.41. The van der Waals surface area contributed by atoms with Crippen LogP contribution in [0.3, 0.4) is 0 Å². The van der Waals surface area contributed by atoms with Gasteiger partial charge in [-0.05, 0) is 50.2 Å². The Labute approximate surface area is 159 Å². The van der Waals surface area contributed by atoms with Gasteiger partial charge in [0.2, 0.25) is 0 Å². The highest BCUT2D eigenvalue weighted by Crippen LogP contribution is 2.43. The minimum atomic E-state index is -1.12. The molecule has 0 fully saturated rings. The van der Waals surface area contributed by atoms with Gasteiger partial charge in [-0.15, -0.1) is 0 Å². The van der Waals surface area contributed by atoms with Crippen LogP contribution >= 0.6 is 0 Å². The number of carbonyl (C=O) groups is 1. The van der Waals surface area contributed by atoms with Gasteiger partial charge < -0.3 is 14.2 Å². The predicted octanol–water partition coefficient (Wildman–Crippen LogP) is 4.06. The summed E-state index contributed by atoms with van der Waals surface area (Å²) in [6.45, 7) is 3.56. The third kappa shape index (κ3) is 3.47. The maximum absolute atomic E-state index is 12.8. The van der Waals surface area contributed by atoms with Crippen molar-refractivity contribution >= 4 is 11.7 Å². The minimum absolute atomic E-state index is 0.389. The minimum Gasteiger partial charge on any atom is -0.497 e. The Balaban J connectivity index is 2.10. The van der Waals surface area contributed by atoms with E-state index < -0.39 is 11.0 Å². The van der Waals surface area contributed by atoms with E-state index in [1.807, 2.05) is 54.6 Å². The van der Waals surface area contributed by atoms with Crippen LogP contribution in [0.5, 0.6) is 5.75 Å². The molecule has 27 heavy (non-hydrogen) atoms. The maximum Gasteiger partial charge on any atom is 0.321 e. The summed E-state index contributed by atoms with van der Waals surface area (Å²) >= 11 is 0. The molecule has 1 atom stereocenters. The number of rotatable bonds is 3. The summed E-state index contributed by atoms with van der Waals surface area (Å²) in [5.74, 6) is 7.05. The van der Waals surface area contributed by atoms with E-state index in [2.05, 4.69) is 11.8 Å². The van der Waals surface area contributed by atoms with Crippen LogP contribution in [0.15, 0.2) is 60.7 Å². The highest BCUT2D eigenvalue weighted by molar-refractivity contribution is 5.88. The van der Waals surface area contributed by atoms with Crippen molar-refractivity contribution in [2.24, 2.45) is 5.41 Å². The second-order valence-electron chi connectivity index (χ2n) is 6.81. The molecule has 0 amide bonds. The summed E-state index contributed by atoms with van der Waals surface area (Å²) in [7, 11) is 3.16. The zero-order valence-electron chi connectivity index (χ0n) is 15.9. The summed E-state index contributed by atoms with van der Waals surface area (Å²) in [6, 6.07) is 16.9.